The van der Waals surface area contributed by atoms with Gasteiger partial charge in [0.25, 0.3) is 0 Å². The fraction of sp³-hybridized carbons (Fsp3) is 0.235. The Hall–Kier alpha value is -1.16. The van der Waals surface area contributed by atoms with Crippen LogP contribution in [0.3, 0.4) is 0 Å². The van der Waals surface area contributed by atoms with E-state index >= 15 is 0 Å². The van der Waals surface area contributed by atoms with Gasteiger partial charge in [0.15, 0.2) is 5.78 Å². The van der Waals surface area contributed by atoms with Crippen LogP contribution in [0.1, 0.15) is 22.3 Å². The van der Waals surface area contributed by atoms with Crippen LogP contribution < -0.4 is 0 Å². The number of carbonyl (C=O) groups is 1. The molecule has 0 atom stereocenters. The van der Waals surface area contributed by atoms with Crippen LogP contribution in [0.2, 0.25) is 5.02 Å². The maximum absolute atomic E-state index is 12.2. The maximum Gasteiger partial charge on any atom is 0.165 e. The zero-order chi connectivity index (χ0) is 15.2. The summed E-state index contributed by atoms with van der Waals surface area (Å²) in [5.41, 5.74) is 1.83. The lowest BCUT2D eigenvalue weighted by Crippen LogP contribution is -2.21. The number of benzene rings is 2. The monoisotopic (exact) mass is 365 g/mol. The maximum atomic E-state index is 12.2. The fourth-order valence-corrected chi connectivity index (χ4v) is 2.83. The number of rotatable bonds is 6. The minimum atomic E-state index is 0.0849. The van der Waals surface area contributed by atoms with Crippen LogP contribution in [-0.2, 0) is 6.54 Å². The summed E-state index contributed by atoms with van der Waals surface area (Å²) in [5.74, 6) is 0.0849. The van der Waals surface area contributed by atoms with E-state index in [-0.39, 0.29) is 5.78 Å². The van der Waals surface area contributed by atoms with Crippen molar-refractivity contribution in [2.75, 3.05) is 13.6 Å². The van der Waals surface area contributed by atoms with E-state index in [9.17, 15) is 4.79 Å². The van der Waals surface area contributed by atoms with Gasteiger partial charge < -0.3 is 4.90 Å². The van der Waals surface area contributed by atoms with Gasteiger partial charge in [0.1, 0.15) is 0 Å². The third-order valence-corrected chi connectivity index (χ3v) is 4.06. The van der Waals surface area contributed by atoms with Crippen LogP contribution in [0.15, 0.2) is 53.0 Å². The molecular weight excluding hydrogens is 350 g/mol. The van der Waals surface area contributed by atoms with E-state index in [0.29, 0.717) is 23.6 Å². The molecule has 0 bridgehead atoms. The number of nitrogens with zero attached hydrogens (tertiary/aromatic N) is 1. The van der Waals surface area contributed by atoms with Crippen molar-refractivity contribution in [3.8, 4) is 0 Å². The molecule has 0 aliphatic carbocycles. The Kier molecular flexibility index (Phi) is 5.97. The number of halogens is 2. The molecule has 0 amide bonds. The van der Waals surface area contributed by atoms with Gasteiger partial charge in [-0.15, -0.1) is 0 Å². The average molecular weight is 367 g/mol. The van der Waals surface area contributed by atoms with Gasteiger partial charge in [0.2, 0.25) is 0 Å². The first kappa shape index (κ1) is 16.2. The van der Waals surface area contributed by atoms with Crippen LogP contribution in [0.5, 0.6) is 0 Å². The van der Waals surface area contributed by atoms with Crippen molar-refractivity contribution in [3.05, 3.63) is 69.2 Å². The van der Waals surface area contributed by atoms with Crippen molar-refractivity contribution in [2.24, 2.45) is 0 Å². The quantitative estimate of drug-likeness (QED) is 0.684. The van der Waals surface area contributed by atoms with E-state index < -0.39 is 0 Å². The number of carbonyl (C=O) groups excluding carboxylic acids is 1. The Balaban J connectivity index is 1.88. The number of hydrogen-bond donors (Lipinski definition) is 0. The van der Waals surface area contributed by atoms with Gasteiger partial charge in [-0.25, -0.2) is 0 Å². The molecule has 2 nitrogen and oxygen atoms in total. The van der Waals surface area contributed by atoms with Gasteiger partial charge in [-0.3, -0.25) is 4.79 Å². The first-order chi connectivity index (χ1) is 10.1. The van der Waals surface area contributed by atoms with E-state index in [4.69, 9.17) is 11.6 Å². The Morgan fingerprint density at radius 3 is 2.67 bits per heavy atom. The highest BCUT2D eigenvalue weighted by molar-refractivity contribution is 9.10. The third kappa shape index (κ3) is 4.95. The second kappa shape index (κ2) is 7.74. The van der Waals surface area contributed by atoms with E-state index in [2.05, 4.69) is 33.0 Å². The second-order valence-electron chi connectivity index (χ2n) is 5.02. The van der Waals surface area contributed by atoms with Crippen LogP contribution in [0, 0.1) is 0 Å². The molecule has 0 radical (unpaired) electrons. The van der Waals surface area contributed by atoms with Crippen LogP contribution >= 0.6 is 27.5 Å². The summed E-state index contributed by atoms with van der Waals surface area (Å²) in [6.07, 6.45) is 0.467. The third-order valence-electron chi connectivity index (χ3n) is 3.24. The lowest BCUT2D eigenvalue weighted by molar-refractivity contribution is 0.0968. The highest BCUT2D eigenvalue weighted by Gasteiger charge is 2.11. The zero-order valence-corrected chi connectivity index (χ0v) is 14.2. The number of Topliss-reactive ketones (excluding diaryl/α,β-unsaturated/α-hetero) is 1. The minimum absolute atomic E-state index is 0.0849. The van der Waals surface area contributed by atoms with E-state index in [1.54, 1.807) is 12.1 Å². The highest BCUT2D eigenvalue weighted by atomic mass is 79.9. The fourth-order valence-electron chi connectivity index (χ4n) is 2.14. The Morgan fingerprint density at radius 2 is 1.95 bits per heavy atom. The van der Waals surface area contributed by atoms with Crippen molar-refractivity contribution < 1.29 is 4.79 Å². The lowest BCUT2D eigenvalue weighted by atomic mass is 10.1. The van der Waals surface area contributed by atoms with Crippen LogP contribution in [0.25, 0.3) is 0 Å². The predicted octanol–water partition coefficient (Wildman–Crippen LogP) is 4.81. The van der Waals surface area contributed by atoms with E-state index in [1.165, 1.54) is 5.56 Å². The van der Waals surface area contributed by atoms with E-state index in [0.717, 1.165) is 11.0 Å². The Labute approximate surface area is 138 Å². The molecule has 0 aliphatic heterocycles. The Morgan fingerprint density at radius 1 is 1.19 bits per heavy atom. The average Bonchev–Trinajstić information content (AvgIpc) is 2.45. The van der Waals surface area contributed by atoms with Gasteiger partial charge in [-0.05, 0) is 36.9 Å². The first-order valence-electron chi connectivity index (χ1n) is 6.77. The molecule has 4 heteroatoms. The molecule has 0 saturated carbocycles. The minimum Gasteiger partial charge on any atom is -0.302 e. The topological polar surface area (TPSA) is 20.3 Å². The van der Waals surface area contributed by atoms with Gasteiger partial charge in [0.05, 0.1) is 5.02 Å². The van der Waals surface area contributed by atoms with Gasteiger partial charge >= 0.3 is 0 Å². The van der Waals surface area contributed by atoms with Gasteiger partial charge in [-0.1, -0.05) is 51.8 Å². The summed E-state index contributed by atoms with van der Waals surface area (Å²) < 4.78 is 1.07. The molecule has 110 valence electrons. The summed E-state index contributed by atoms with van der Waals surface area (Å²) >= 11 is 9.51. The summed E-state index contributed by atoms with van der Waals surface area (Å²) in [5, 5.41) is 0.525. The molecule has 0 saturated heterocycles. The SMILES string of the molecule is CN(CCC(=O)c1ccccc1Cl)Cc1cccc(Br)c1. The summed E-state index contributed by atoms with van der Waals surface area (Å²) in [7, 11) is 2.01. The molecule has 0 fully saturated rings. The van der Waals surface area contributed by atoms with Crippen molar-refractivity contribution in [1.29, 1.82) is 0 Å². The zero-order valence-electron chi connectivity index (χ0n) is 11.9. The van der Waals surface area contributed by atoms with Crippen LogP contribution in [0.4, 0.5) is 0 Å². The van der Waals surface area contributed by atoms with Crippen molar-refractivity contribution in [3.63, 3.8) is 0 Å². The van der Waals surface area contributed by atoms with Gasteiger partial charge in [0, 0.05) is 29.5 Å². The summed E-state index contributed by atoms with van der Waals surface area (Å²) in [6.45, 7) is 1.52. The van der Waals surface area contributed by atoms with Gasteiger partial charge in [-0.2, -0.15) is 0 Å². The molecular formula is C17H17BrClNO. The van der Waals surface area contributed by atoms with E-state index in [1.807, 2.05) is 31.3 Å². The molecule has 2 rings (SSSR count). The number of ketones is 1. The van der Waals surface area contributed by atoms with Crippen molar-refractivity contribution in [1.82, 2.24) is 4.90 Å². The normalized spacial score (nSPS) is 10.9. The molecule has 2 aromatic carbocycles. The first-order valence-corrected chi connectivity index (χ1v) is 7.94. The number of hydrogen-bond acceptors (Lipinski definition) is 2. The Bertz CT molecular complexity index is 630. The molecule has 0 aliphatic rings. The smallest absolute Gasteiger partial charge is 0.165 e. The largest absolute Gasteiger partial charge is 0.302 e. The standard InChI is InChI=1S/C17H17BrClNO/c1-20(12-13-5-4-6-14(18)11-13)10-9-17(21)15-7-2-3-8-16(15)19/h2-8,11H,9-10,12H2,1H3. The molecule has 0 spiro atoms. The molecule has 21 heavy (non-hydrogen) atoms. The second-order valence-corrected chi connectivity index (χ2v) is 6.34. The highest BCUT2D eigenvalue weighted by Crippen LogP contribution is 2.17. The lowest BCUT2D eigenvalue weighted by Gasteiger charge is -2.16. The predicted molar refractivity (Wildman–Crippen MR) is 90.9 cm³/mol. The molecule has 0 unspecified atom stereocenters. The molecule has 0 N–H and O–H groups in total. The van der Waals surface area contributed by atoms with Crippen molar-refractivity contribution >= 4 is 33.3 Å². The summed E-state index contributed by atoms with van der Waals surface area (Å²) in [4.78, 5) is 14.3. The summed E-state index contributed by atoms with van der Waals surface area (Å²) in [6, 6.07) is 15.4. The van der Waals surface area contributed by atoms with Crippen molar-refractivity contribution in [2.45, 2.75) is 13.0 Å². The molecule has 0 aromatic heterocycles. The molecule has 2 aromatic rings. The van der Waals surface area contributed by atoms with Crippen LogP contribution in [-0.4, -0.2) is 24.3 Å². The molecule has 0 heterocycles.